The average molecular weight is 552 g/mol. The lowest BCUT2D eigenvalue weighted by atomic mass is 9.98. The SMILES string of the molecule is COc1cc(C2CC(c3nc4cc(F)ccc4nc3C)=NN2c2ccc(S(N)(=O)=O)cc2)cc(OC)c1OC. The molecule has 0 fully saturated rings. The third-order valence-electron chi connectivity index (χ3n) is 6.49. The molecule has 12 heteroatoms. The Bertz CT molecular complexity index is 1690. The van der Waals surface area contributed by atoms with Crippen molar-refractivity contribution in [1.29, 1.82) is 0 Å². The lowest BCUT2D eigenvalue weighted by Gasteiger charge is -2.25. The quantitative estimate of drug-likeness (QED) is 0.363. The van der Waals surface area contributed by atoms with Gasteiger partial charge in [-0.2, -0.15) is 5.10 Å². The Kier molecular flexibility index (Phi) is 6.83. The maximum Gasteiger partial charge on any atom is 0.238 e. The van der Waals surface area contributed by atoms with E-state index in [-0.39, 0.29) is 10.9 Å². The Morgan fingerprint density at radius 2 is 1.59 bits per heavy atom. The van der Waals surface area contributed by atoms with Crippen LogP contribution in [0.1, 0.15) is 29.4 Å². The van der Waals surface area contributed by atoms with Crippen molar-refractivity contribution in [2.45, 2.75) is 24.3 Å². The van der Waals surface area contributed by atoms with Crippen LogP contribution in [0.5, 0.6) is 17.2 Å². The van der Waals surface area contributed by atoms with Gasteiger partial charge in [0.25, 0.3) is 0 Å². The minimum Gasteiger partial charge on any atom is -0.493 e. The maximum atomic E-state index is 13.9. The number of methoxy groups -OCH3 is 3. The highest BCUT2D eigenvalue weighted by Gasteiger charge is 2.33. The van der Waals surface area contributed by atoms with Crippen LogP contribution in [0.15, 0.2) is 64.6 Å². The highest BCUT2D eigenvalue weighted by Crippen LogP contribution is 2.44. The van der Waals surface area contributed by atoms with Crippen LogP contribution in [-0.2, 0) is 10.0 Å². The normalized spacial score (nSPS) is 15.4. The van der Waals surface area contributed by atoms with E-state index >= 15 is 0 Å². The highest BCUT2D eigenvalue weighted by molar-refractivity contribution is 7.89. The van der Waals surface area contributed by atoms with Crippen LogP contribution in [0.3, 0.4) is 0 Å². The Labute approximate surface area is 224 Å². The summed E-state index contributed by atoms with van der Waals surface area (Å²) in [5.74, 6) is 0.987. The molecule has 1 aliphatic rings. The molecule has 1 unspecified atom stereocenters. The van der Waals surface area contributed by atoms with E-state index in [2.05, 4.69) is 9.97 Å². The Morgan fingerprint density at radius 3 is 2.18 bits per heavy atom. The van der Waals surface area contributed by atoms with E-state index in [1.807, 2.05) is 19.1 Å². The van der Waals surface area contributed by atoms with Gasteiger partial charge in [0.05, 0.1) is 60.4 Å². The molecule has 0 saturated carbocycles. The zero-order chi connectivity index (χ0) is 27.9. The largest absolute Gasteiger partial charge is 0.493 e. The summed E-state index contributed by atoms with van der Waals surface area (Å²) >= 11 is 0. The summed E-state index contributed by atoms with van der Waals surface area (Å²) < 4.78 is 54.2. The monoisotopic (exact) mass is 551 g/mol. The molecule has 0 aliphatic carbocycles. The van der Waals surface area contributed by atoms with E-state index in [4.69, 9.17) is 24.5 Å². The molecule has 202 valence electrons. The van der Waals surface area contributed by atoms with Gasteiger partial charge in [0, 0.05) is 12.5 Å². The number of sulfonamides is 1. The third-order valence-corrected chi connectivity index (χ3v) is 7.42. The van der Waals surface area contributed by atoms with Gasteiger partial charge in [-0.05, 0) is 61.0 Å². The molecule has 2 N–H and O–H groups in total. The minimum absolute atomic E-state index is 0.0164. The maximum absolute atomic E-state index is 13.9. The minimum atomic E-state index is -3.87. The van der Waals surface area contributed by atoms with Gasteiger partial charge in [-0.15, -0.1) is 0 Å². The first-order valence-electron chi connectivity index (χ1n) is 11.9. The summed E-state index contributed by atoms with van der Waals surface area (Å²) in [4.78, 5) is 9.28. The number of benzene rings is 3. The second-order valence-electron chi connectivity index (χ2n) is 8.90. The van der Waals surface area contributed by atoms with Gasteiger partial charge in [0.15, 0.2) is 11.5 Å². The van der Waals surface area contributed by atoms with Crippen LogP contribution in [0, 0.1) is 12.7 Å². The fourth-order valence-electron chi connectivity index (χ4n) is 4.62. The predicted octanol–water partition coefficient (Wildman–Crippen LogP) is 4.11. The van der Waals surface area contributed by atoms with Gasteiger partial charge >= 0.3 is 0 Å². The first-order chi connectivity index (χ1) is 18.6. The number of rotatable bonds is 7. The summed E-state index contributed by atoms with van der Waals surface area (Å²) in [5, 5.41) is 11.9. The number of fused-ring (bicyclic) bond motifs is 1. The van der Waals surface area contributed by atoms with Gasteiger partial charge in [0.1, 0.15) is 11.5 Å². The molecule has 10 nitrogen and oxygen atoms in total. The van der Waals surface area contributed by atoms with E-state index in [1.54, 1.807) is 23.2 Å². The van der Waals surface area contributed by atoms with Crippen LogP contribution in [0.25, 0.3) is 11.0 Å². The Hall–Kier alpha value is -4.29. The van der Waals surface area contributed by atoms with Crippen molar-refractivity contribution in [3.8, 4) is 17.2 Å². The zero-order valence-corrected chi connectivity index (χ0v) is 22.5. The zero-order valence-electron chi connectivity index (χ0n) is 21.7. The number of hydrazone groups is 1. The van der Waals surface area contributed by atoms with Crippen molar-refractivity contribution in [2.24, 2.45) is 10.2 Å². The summed E-state index contributed by atoms with van der Waals surface area (Å²) in [7, 11) is 0.732. The van der Waals surface area contributed by atoms with Crippen molar-refractivity contribution in [2.75, 3.05) is 26.3 Å². The number of halogens is 1. The number of ether oxygens (including phenoxy) is 3. The molecule has 1 aromatic heterocycles. The van der Waals surface area contributed by atoms with Gasteiger partial charge in [-0.3, -0.25) is 5.01 Å². The number of hydrogen-bond acceptors (Lipinski definition) is 9. The summed E-state index contributed by atoms with van der Waals surface area (Å²) in [5.41, 5.74) is 4.22. The molecule has 5 rings (SSSR count). The first kappa shape index (κ1) is 26.3. The van der Waals surface area contributed by atoms with E-state index in [1.165, 1.54) is 45.6 Å². The molecule has 0 radical (unpaired) electrons. The fraction of sp³-hybridized carbons (Fsp3) is 0.222. The number of hydrogen-bond donors (Lipinski definition) is 1. The molecular weight excluding hydrogens is 525 g/mol. The van der Waals surface area contributed by atoms with E-state index < -0.39 is 15.8 Å². The van der Waals surface area contributed by atoms with E-state index in [0.717, 1.165) is 5.56 Å². The van der Waals surface area contributed by atoms with Crippen molar-refractivity contribution in [3.63, 3.8) is 0 Å². The van der Waals surface area contributed by atoms with Crippen LogP contribution < -0.4 is 24.4 Å². The lowest BCUT2D eigenvalue weighted by molar-refractivity contribution is 0.323. The molecule has 0 amide bonds. The van der Waals surface area contributed by atoms with Gasteiger partial charge in [-0.1, -0.05) is 0 Å². The molecule has 0 spiro atoms. The standard InChI is InChI=1S/C27H26FN5O5S/c1-15-26(31-21-13-17(28)5-10-20(21)30-15)22-14-23(16-11-24(36-2)27(38-4)25(12-16)37-3)33(32-22)18-6-8-19(9-7-18)39(29,34)35/h5-13,23H,14H2,1-4H3,(H2,29,34,35). The molecule has 0 saturated heterocycles. The predicted molar refractivity (Wildman–Crippen MR) is 145 cm³/mol. The Morgan fingerprint density at radius 1 is 0.923 bits per heavy atom. The summed E-state index contributed by atoms with van der Waals surface area (Å²) in [6, 6.07) is 13.7. The second kappa shape index (κ2) is 10.1. The second-order valence-corrected chi connectivity index (χ2v) is 10.5. The van der Waals surface area contributed by atoms with Crippen molar-refractivity contribution in [3.05, 3.63) is 77.4 Å². The fourth-order valence-corrected chi connectivity index (χ4v) is 5.14. The van der Waals surface area contributed by atoms with Crippen LogP contribution in [0.4, 0.5) is 10.1 Å². The smallest absolute Gasteiger partial charge is 0.238 e. The number of anilines is 1. The third kappa shape index (κ3) is 4.95. The average Bonchev–Trinajstić information content (AvgIpc) is 3.37. The van der Waals surface area contributed by atoms with Gasteiger partial charge in [0.2, 0.25) is 15.8 Å². The Balaban J connectivity index is 1.65. The number of nitrogens with zero attached hydrogens (tertiary/aromatic N) is 4. The highest BCUT2D eigenvalue weighted by atomic mass is 32.2. The molecule has 2 heterocycles. The number of nitrogens with two attached hydrogens (primary N) is 1. The molecule has 4 aromatic rings. The summed E-state index contributed by atoms with van der Waals surface area (Å²) in [6.45, 7) is 1.83. The molecule has 39 heavy (non-hydrogen) atoms. The lowest BCUT2D eigenvalue weighted by Crippen LogP contribution is -2.19. The van der Waals surface area contributed by atoms with Crippen LogP contribution in [0.2, 0.25) is 0 Å². The molecule has 1 aliphatic heterocycles. The topological polar surface area (TPSA) is 129 Å². The molecule has 0 bridgehead atoms. The first-order valence-corrected chi connectivity index (χ1v) is 13.4. The summed E-state index contributed by atoms with van der Waals surface area (Å²) in [6.07, 6.45) is 0.409. The van der Waals surface area contributed by atoms with Gasteiger partial charge < -0.3 is 14.2 Å². The van der Waals surface area contributed by atoms with Crippen molar-refractivity contribution >= 4 is 32.5 Å². The molecule has 1 atom stereocenters. The molecular formula is C27H26FN5O5S. The van der Waals surface area contributed by atoms with E-state index in [0.29, 0.717) is 57.5 Å². The number of primary sulfonamides is 1. The van der Waals surface area contributed by atoms with Gasteiger partial charge in [-0.25, -0.2) is 27.9 Å². The number of aromatic nitrogens is 2. The van der Waals surface area contributed by atoms with Crippen molar-refractivity contribution in [1.82, 2.24) is 9.97 Å². The molecule has 3 aromatic carbocycles. The van der Waals surface area contributed by atoms with Crippen LogP contribution in [-0.4, -0.2) is 45.4 Å². The van der Waals surface area contributed by atoms with E-state index in [9.17, 15) is 12.8 Å². The van der Waals surface area contributed by atoms with Crippen LogP contribution >= 0.6 is 0 Å². The van der Waals surface area contributed by atoms with Crippen molar-refractivity contribution < 1.29 is 27.0 Å². The number of aryl methyl sites for hydroxylation is 1.